The molecule has 4 fully saturated rings. The number of carbonyl (C=O) groups excluding carboxylic acids is 2. The summed E-state index contributed by atoms with van der Waals surface area (Å²) in [5.41, 5.74) is -0.973. The molecule has 152 valence electrons. The SMILES string of the molecule is CC(=O)O[C@H]1CC[C@H]2[C@@H]3CC[C@H]4[C@@H](F)C(=O)C(F)(F)C[C@]4(C)[C@H]3CC[C@]12C. The van der Waals surface area contributed by atoms with Crippen molar-refractivity contribution in [2.45, 2.75) is 83.9 Å². The van der Waals surface area contributed by atoms with Crippen LogP contribution in [0.5, 0.6) is 0 Å². The average Bonchev–Trinajstić information content (AvgIpc) is 2.88. The molecule has 0 radical (unpaired) electrons. The van der Waals surface area contributed by atoms with Crippen molar-refractivity contribution in [2.75, 3.05) is 0 Å². The summed E-state index contributed by atoms with van der Waals surface area (Å²) in [4.78, 5) is 23.3. The highest BCUT2D eigenvalue weighted by Crippen LogP contribution is 2.67. The minimum absolute atomic E-state index is 0.00243. The lowest BCUT2D eigenvalue weighted by Crippen LogP contribution is -2.61. The van der Waals surface area contributed by atoms with E-state index in [0.29, 0.717) is 12.3 Å². The van der Waals surface area contributed by atoms with Gasteiger partial charge in [0.15, 0.2) is 6.17 Å². The van der Waals surface area contributed by atoms with E-state index in [0.717, 1.165) is 32.1 Å². The number of hydrogen-bond donors (Lipinski definition) is 0. The van der Waals surface area contributed by atoms with Crippen LogP contribution in [0.2, 0.25) is 0 Å². The number of alkyl halides is 3. The van der Waals surface area contributed by atoms with Crippen LogP contribution in [0.3, 0.4) is 0 Å². The van der Waals surface area contributed by atoms with Crippen LogP contribution in [0.4, 0.5) is 13.2 Å². The first-order valence-electron chi connectivity index (χ1n) is 10.2. The highest BCUT2D eigenvalue weighted by atomic mass is 19.3. The molecule has 0 unspecified atom stereocenters. The van der Waals surface area contributed by atoms with E-state index in [4.69, 9.17) is 4.74 Å². The molecule has 4 aliphatic carbocycles. The summed E-state index contributed by atoms with van der Waals surface area (Å²) in [6.45, 7) is 5.39. The summed E-state index contributed by atoms with van der Waals surface area (Å²) >= 11 is 0. The zero-order chi connectivity index (χ0) is 19.8. The number of hydrogen-bond acceptors (Lipinski definition) is 3. The molecule has 0 aromatic rings. The van der Waals surface area contributed by atoms with E-state index in [1.807, 2.05) is 0 Å². The van der Waals surface area contributed by atoms with Gasteiger partial charge in [0, 0.05) is 24.7 Å². The molecule has 0 aromatic heterocycles. The second kappa shape index (κ2) is 5.96. The van der Waals surface area contributed by atoms with Crippen LogP contribution < -0.4 is 0 Å². The molecule has 0 aliphatic heterocycles. The molecule has 4 saturated carbocycles. The molecule has 0 N–H and O–H groups in total. The summed E-state index contributed by atoms with van der Waals surface area (Å²) in [6.07, 6.45) is 1.84. The number of Topliss-reactive ketones (excluding diaryl/α,β-unsaturated/α-hetero) is 1. The van der Waals surface area contributed by atoms with Crippen LogP contribution in [-0.4, -0.2) is 30.0 Å². The van der Waals surface area contributed by atoms with Crippen LogP contribution >= 0.6 is 0 Å². The number of esters is 1. The van der Waals surface area contributed by atoms with Crippen molar-refractivity contribution >= 4 is 11.8 Å². The summed E-state index contributed by atoms with van der Waals surface area (Å²) in [5, 5.41) is 0. The Kier molecular flexibility index (Phi) is 4.25. The predicted octanol–water partition coefficient (Wildman–Crippen LogP) is 4.72. The van der Waals surface area contributed by atoms with E-state index in [1.54, 1.807) is 6.92 Å². The monoisotopic (exact) mass is 386 g/mol. The Morgan fingerprint density at radius 3 is 2.30 bits per heavy atom. The van der Waals surface area contributed by atoms with Crippen molar-refractivity contribution in [3.63, 3.8) is 0 Å². The molecule has 0 aromatic carbocycles. The molecule has 3 nitrogen and oxygen atoms in total. The Labute approximate surface area is 158 Å². The maximum Gasteiger partial charge on any atom is 0.308 e. The molecule has 0 heterocycles. The van der Waals surface area contributed by atoms with Gasteiger partial charge in [-0.1, -0.05) is 13.8 Å². The van der Waals surface area contributed by atoms with E-state index in [9.17, 15) is 22.8 Å². The van der Waals surface area contributed by atoms with Crippen LogP contribution in [-0.2, 0) is 14.3 Å². The van der Waals surface area contributed by atoms with Gasteiger partial charge in [-0.15, -0.1) is 0 Å². The molecule has 6 heteroatoms. The van der Waals surface area contributed by atoms with Gasteiger partial charge in [-0.25, -0.2) is 4.39 Å². The second-order valence-electron chi connectivity index (χ2n) is 9.93. The Bertz CT molecular complexity index is 665. The Balaban J connectivity index is 1.64. The van der Waals surface area contributed by atoms with E-state index in [-0.39, 0.29) is 29.3 Å². The Morgan fingerprint density at radius 1 is 1.00 bits per heavy atom. The Hall–Kier alpha value is -1.07. The normalized spacial score (nSPS) is 51.1. The maximum atomic E-state index is 14.7. The third kappa shape index (κ3) is 2.61. The maximum absolute atomic E-state index is 14.7. The number of rotatable bonds is 1. The molecule has 0 spiro atoms. The largest absolute Gasteiger partial charge is 0.462 e. The summed E-state index contributed by atoms with van der Waals surface area (Å²) < 4.78 is 48.9. The minimum Gasteiger partial charge on any atom is -0.462 e. The standard InChI is InChI=1S/C21H29F3O3/c1-11(25)27-16-7-6-13-12-4-5-15-17(22)18(26)21(23,24)10-20(15,3)14(12)8-9-19(13,16)2/h12-17H,4-10H2,1-3H3/t12-,13-,14-,15-,16-,17+,19-,20+/m0/s1. The predicted molar refractivity (Wildman–Crippen MR) is 92.9 cm³/mol. The zero-order valence-electron chi connectivity index (χ0n) is 16.3. The fourth-order valence-corrected chi connectivity index (χ4v) is 7.52. The molecule has 4 rings (SSSR count). The molecule has 0 bridgehead atoms. The third-order valence-corrected chi connectivity index (χ3v) is 8.73. The van der Waals surface area contributed by atoms with E-state index in [1.165, 1.54) is 6.92 Å². The molecule has 0 amide bonds. The fourth-order valence-electron chi connectivity index (χ4n) is 7.52. The molecule has 27 heavy (non-hydrogen) atoms. The summed E-state index contributed by atoms with van der Waals surface area (Å²) in [7, 11) is 0. The number of ether oxygens (including phenoxy) is 1. The van der Waals surface area contributed by atoms with Gasteiger partial charge in [-0.05, 0) is 61.7 Å². The molecule has 4 aliphatic rings. The number of ketones is 1. The van der Waals surface area contributed by atoms with Crippen molar-refractivity contribution in [1.29, 1.82) is 0 Å². The van der Waals surface area contributed by atoms with Crippen molar-refractivity contribution in [3.8, 4) is 0 Å². The van der Waals surface area contributed by atoms with E-state index < -0.39 is 35.6 Å². The lowest BCUT2D eigenvalue weighted by Gasteiger charge is -2.61. The topological polar surface area (TPSA) is 43.4 Å². The molecule has 8 atom stereocenters. The van der Waals surface area contributed by atoms with Crippen LogP contribution in [0.1, 0.15) is 65.7 Å². The number of halogens is 3. The van der Waals surface area contributed by atoms with Gasteiger partial charge in [0.1, 0.15) is 6.10 Å². The first kappa shape index (κ1) is 19.3. The van der Waals surface area contributed by atoms with Crippen molar-refractivity contribution in [2.24, 2.45) is 34.5 Å². The fraction of sp³-hybridized carbons (Fsp3) is 0.905. The summed E-state index contributed by atoms with van der Waals surface area (Å²) in [5.74, 6) is -5.40. The van der Waals surface area contributed by atoms with Crippen molar-refractivity contribution < 1.29 is 27.5 Å². The summed E-state index contributed by atoms with van der Waals surface area (Å²) in [6, 6.07) is 0. The molecular formula is C21H29F3O3. The first-order valence-corrected chi connectivity index (χ1v) is 10.2. The van der Waals surface area contributed by atoms with Crippen LogP contribution in [0.15, 0.2) is 0 Å². The van der Waals surface area contributed by atoms with Crippen molar-refractivity contribution in [1.82, 2.24) is 0 Å². The first-order chi connectivity index (χ1) is 12.5. The highest BCUT2D eigenvalue weighted by Gasteiger charge is 2.67. The van der Waals surface area contributed by atoms with Crippen LogP contribution in [0, 0.1) is 34.5 Å². The minimum atomic E-state index is -3.57. The van der Waals surface area contributed by atoms with Gasteiger partial charge in [-0.2, -0.15) is 8.78 Å². The van der Waals surface area contributed by atoms with Gasteiger partial charge in [0.05, 0.1) is 0 Å². The smallest absolute Gasteiger partial charge is 0.308 e. The van der Waals surface area contributed by atoms with Gasteiger partial charge < -0.3 is 4.74 Å². The second-order valence-corrected chi connectivity index (χ2v) is 9.93. The highest BCUT2D eigenvalue weighted by molar-refractivity contribution is 5.91. The lowest BCUT2D eigenvalue weighted by atomic mass is 9.44. The van der Waals surface area contributed by atoms with Gasteiger partial charge in [0.25, 0.3) is 0 Å². The average molecular weight is 386 g/mol. The molecule has 0 saturated heterocycles. The van der Waals surface area contributed by atoms with Crippen molar-refractivity contribution in [3.05, 3.63) is 0 Å². The van der Waals surface area contributed by atoms with Gasteiger partial charge in [-0.3, -0.25) is 9.59 Å². The van der Waals surface area contributed by atoms with Gasteiger partial charge >= 0.3 is 11.9 Å². The zero-order valence-corrected chi connectivity index (χ0v) is 16.3. The number of fused-ring (bicyclic) bond motifs is 5. The lowest BCUT2D eigenvalue weighted by molar-refractivity contribution is -0.199. The van der Waals surface area contributed by atoms with E-state index >= 15 is 0 Å². The molecular weight excluding hydrogens is 357 g/mol. The van der Waals surface area contributed by atoms with Crippen LogP contribution in [0.25, 0.3) is 0 Å². The van der Waals surface area contributed by atoms with Gasteiger partial charge in [0.2, 0.25) is 5.78 Å². The third-order valence-electron chi connectivity index (χ3n) is 8.73. The Morgan fingerprint density at radius 2 is 1.63 bits per heavy atom. The quantitative estimate of drug-likeness (QED) is 0.612. The van der Waals surface area contributed by atoms with E-state index in [2.05, 4.69) is 6.92 Å². The number of carbonyl (C=O) groups is 2.